The van der Waals surface area contributed by atoms with E-state index in [2.05, 4.69) is 5.32 Å². The third kappa shape index (κ3) is 5.50. The summed E-state index contributed by atoms with van der Waals surface area (Å²) in [7, 11) is 1.38. The molecule has 0 spiro atoms. The number of nitriles is 1. The van der Waals surface area contributed by atoms with E-state index in [4.69, 9.17) is 21.1 Å². The number of benzene rings is 2. The van der Waals surface area contributed by atoms with E-state index in [1.165, 1.54) is 25.3 Å². The maximum Gasteiger partial charge on any atom is 0.266 e. The quantitative estimate of drug-likeness (QED) is 0.565. The number of nitrogens with one attached hydrogen (secondary N) is 1. The molecule has 0 fully saturated rings. The fraction of sp³-hybridized carbons (Fsp3) is 0.150. The van der Waals surface area contributed by atoms with Crippen LogP contribution in [0.5, 0.6) is 11.5 Å². The molecule has 0 aliphatic carbocycles. The largest absolute Gasteiger partial charge is 0.546 e. The highest BCUT2D eigenvalue weighted by Gasteiger charge is 2.12. The molecule has 2 aromatic carbocycles. The van der Waals surface area contributed by atoms with Crippen molar-refractivity contribution in [2.75, 3.05) is 19.0 Å². The highest BCUT2D eigenvalue weighted by Crippen LogP contribution is 2.29. The van der Waals surface area contributed by atoms with Crippen LogP contribution in [0.3, 0.4) is 0 Å². The zero-order valence-electron chi connectivity index (χ0n) is 15.1. The van der Waals surface area contributed by atoms with Gasteiger partial charge in [-0.2, -0.15) is 5.26 Å². The van der Waals surface area contributed by atoms with Crippen molar-refractivity contribution >= 4 is 35.2 Å². The molecule has 2 aromatic rings. The smallest absolute Gasteiger partial charge is 0.266 e. The first-order valence-electron chi connectivity index (χ1n) is 8.04. The molecule has 0 saturated heterocycles. The lowest BCUT2D eigenvalue weighted by Gasteiger charge is -2.11. The highest BCUT2D eigenvalue weighted by atomic mass is 35.5. The van der Waals surface area contributed by atoms with Gasteiger partial charge in [-0.1, -0.05) is 23.7 Å². The van der Waals surface area contributed by atoms with E-state index in [0.717, 1.165) is 5.56 Å². The van der Waals surface area contributed by atoms with Crippen molar-refractivity contribution in [2.24, 2.45) is 0 Å². The molecule has 1 amide bonds. The third-order valence-electron chi connectivity index (χ3n) is 3.64. The summed E-state index contributed by atoms with van der Waals surface area (Å²) in [5, 5.41) is 22.9. The molecule has 0 heterocycles. The molecule has 0 bridgehead atoms. The Labute approximate surface area is 166 Å². The zero-order valence-corrected chi connectivity index (χ0v) is 15.9. The number of carbonyl (C=O) groups excluding carboxylic acids is 2. The number of aryl methyl sites for hydroxylation is 1. The molecule has 144 valence electrons. The molecule has 2 rings (SSSR count). The van der Waals surface area contributed by atoms with Crippen LogP contribution in [0.4, 0.5) is 5.69 Å². The minimum Gasteiger partial charge on any atom is -0.546 e. The van der Waals surface area contributed by atoms with Crippen LogP contribution in [0.1, 0.15) is 11.1 Å². The molecule has 0 aromatic heterocycles. The van der Waals surface area contributed by atoms with Gasteiger partial charge >= 0.3 is 0 Å². The molecule has 7 nitrogen and oxygen atoms in total. The fourth-order valence-corrected chi connectivity index (χ4v) is 2.39. The zero-order chi connectivity index (χ0) is 20.7. The second kappa shape index (κ2) is 9.44. The summed E-state index contributed by atoms with van der Waals surface area (Å²) in [6.45, 7) is 1.21. The molecule has 0 radical (unpaired) electrons. The van der Waals surface area contributed by atoms with Gasteiger partial charge in [-0.25, -0.2) is 0 Å². The number of carbonyl (C=O) groups is 2. The summed E-state index contributed by atoms with van der Waals surface area (Å²) in [6.07, 6.45) is 1.37. The summed E-state index contributed by atoms with van der Waals surface area (Å²) < 4.78 is 10.2. The van der Waals surface area contributed by atoms with Crippen LogP contribution in [0.15, 0.2) is 42.0 Å². The van der Waals surface area contributed by atoms with Gasteiger partial charge in [-0.3, -0.25) is 4.79 Å². The van der Waals surface area contributed by atoms with Crippen molar-refractivity contribution in [3.63, 3.8) is 0 Å². The van der Waals surface area contributed by atoms with Gasteiger partial charge in [0.1, 0.15) is 18.2 Å². The standard InChI is InChI=1S/C20H17ClN2O5/c1-12-3-5-15(9-16(12)21)23-20(26)14(10-22)7-13-4-6-17(18(8-13)27-2)28-11-19(24)25/h3-9H,11H2,1-2H3,(H,23,26)(H,24,25)/p-1/b14-7+. The Balaban J connectivity index is 2.22. The Bertz CT molecular complexity index is 979. The van der Waals surface area contributed by atoms with E-state index in [9.17, 15) is 20.0 Å². The van der Waals surface area contributed by atoms with Gasteiger partial charge in [0.15, 0.2) is 11.5 Å². The van der Waals surface area contributed by atoms with Gasteiger partial charge in [0.05, 0.1) is 13.1 Å². The number of aliphatic carboxylic acids is 1. The van der Waals surface area contributed by atoms with Crippen LogP contribution >= 0.6 is 11.6 Å². The van der Waals surface area contributed by atoms with Crippen molar-refractivity contribution in [3.05, 3.63) is 58.1 Å². The summed E-state index contributed by atoms with van der Waals surface area (Å²) in [5.74, 6) is -1.52. The number of nitrogens with zero attached hydrogens (tertiary/aromatic N) is 1. The molecule has 0 atom stereocenters. The van der Waals surface area contributed by atoms with Crippen molar-refractivity contribution in [2.45, 2.75) is 6.92 Å². The van der Waals surface area contributed by atoms with Crippen molar-refractivity contribution in [3.8, 4) is 17.6 Å². The Morgan fingerprint density at radius 3 is 2.61 bits per heavy atom. The second-order valence-corrected chi connectivity index (χ2v) is 6.07. The van der Waals surface area contributed by atoms with Crippen molar-refractivity contribution in [1.82, 2.24) is 0 Å². The van der Waals surface area contributed by atoms with Crippen LogP contribution in [0, 0.1) is 18.3 Å². The van der Waals surface area contributed by atoms with E-state index in [1.54, 1.807) is 24.3 Å². The number of ether oxygens (including phenoxy) is 2. The van der Waals surface area contributed by atoms with Gasteiger partial charge in [-0.15, -0.1) is 0 Å². The molecular weight excluding hydrogens is 384 g/mol. The van der Waals surface area contributed by atoms with E-state index < -0.39 is 18.5 Å². The van der Waals surface area contributed by atoms with Crippen LogP contribution in [0.2, 0.25) is 5.02 Å². The second-order valence-electron chi connectivity index (χ2n) is 5.66. The Kier molecular flexibility index (Phi) is 7.02. The van der Waals surface area contributed by atoms with Crippen molar-refractivity contribution < 1.29 is 24.2 Å². The third-order valence-corrected chi connectivity index (χ3v) is 4.05. The fourth-order valence-electron chi connectivity index (χ4n) is 2.21. The molecule has 0 aliphatic rings. The number of amides is 1. The van der Waals surface area contributed by atoms with Crippen LogP contribution in [-0.4, -0.2) is 25.6 Å². The molecule has 0 unspecified atom stereocenters. The van der Waals surface area contributed by atoms with Crippen LogP contribution in [0.25, 0.3) is 6.08 Å². The lowest BCUT2D eigenvalue weighted by Crippen LogP contribution is -2.29. The lowest BCUT2D eigenvalue weighted by molar-refractivity contribution is -0.307. The topological polar surface area (TPSA) is 111 Å². The minimum atomic E-state index is -1.37. The normalized spacial score (nSPS) is 10.7. The van der Waals surface area contributed by atoms with Gasteiger partial charge in [0.2, 0.25) is 0 Å². The first-order valence-corrected chi connectivity index (χ1v) is 8.42. The number of halogens is 1. The lowest BCUT2D eigenvalue weighted by atomic mass is 10.1. The summed E-state index contributed by atoms with van der Waals surface area (Å²) in [6, 6.07) is 11.4. The number of rotatable bonds is 7. The van der Waals surface area contributed by atoms with Crippen LogP contribution in [-0.2, 0) is 9.59 Å². The maximum atomic E-state index is 12.4. The Morgan fingerprint density at radius 2 is 2.00 bits per heavy atom. The van der Waals surface area contributed by atoms with Gasteiger partial charge < -0.3 is 24.7 Å². The van der Waals surface area contributed by atoms with Gasteiger partial charge in [0, 0.05) is 10.7 Å². The van der Waals surface area contributed by atoms with Crippen molar-refractivity contribution in [1.29, 1.82) is 5.26 Å². The average Bonchev–Trinajstić information content (AvgIpc) is 2.67. The first kappa shape index (κ1) is 20.8. The van der Waals surface area contributed by atoms with Crippen LogP contribution < -0.4 is 19.9 Å². The molecule has 0 saturated carbocycles. The van der Waals surface area contributed by atoms with E-state index in [1.807, 2.05) is 13.0 Å². The summed E-state index contributed by atoms with van der Waals surface area (Å²) in [5.41, 5.74) is 1.68. The van der Waals surface area contributed by atoms with Gasteiger partial charge in [0.25, 0.3) is 5.91 Å². The number of carboxylic acid groups (broad SMARTS) is 1. The summed E-state index contributed by atoms with van der Waals surface area (Å²) in [4.78, 5) is 22.9. The first-order chi connectivity index (χ1) is 13.3. The summed E-state index contributed by atoms with van der Waals surface area (Å²) >= 11 is 6.04. The Morgan fingerprint density at radius 1 is 1.25 bits per heavy atom. The van der Waals surface area contributed by atoms with E-state index in [-0.39, 0.29) is 17.1 Å². The molecule has 1 N–H and O–H groups in total. The number of hydrogen-bond acceptors (Lipinski definition) is 6. The monoisotopic (exact) mass is 399 g/mol. The molecule has 0 aliphatic heterocycles. The number of hydrogen-bond donors (Lipinski definition) is 1. The van der Waals surface area contributed by atoms with E-state index >= 15 is 0 Å². The molecular formula is C20H16ClN2O5-. The predicted octanol–water partition coefficient (Wildman–Crippen LogP) is 2.33. The Hall–Kier alpha value is -3.50. The number of anilines is 1. The minimum absolute atomic E-state index is 0.137. The van der Waals surface area contributed by atoms with Gasteiger partial charge in [-0.05, 0) is 48.4 Å². The number of carboxylic acids is 1. The number of methoxy groups -OCH3 is 1. The SMILES string of the molecule is COc1cc(/C=C(\C#N)C(=O)Nc2ccc(C)c(Cl)c2)ccc1OCC(=O)[O-]. The molecule has 28 heavy (non-hydrogen) atoms. The predicted molar refractivity (Wildman–Crippen MR) is 102 cm³/mol. The average molecular weight is 400 g/mol. The van der Waals surface area contributed by atoms with E-state index in [0.29, 0.717) is 16.3 Å². The highest BCUT2D eigenvalue weighted by molar-refractivity contribution is 6.31. The molecule has 8 heteroatoms. The maximum absolute atomic E-state index is 12.4.